The molecule has 1 aliphatic rings. The molecule has 3 nitrogen and oxygen atoms in total. The van der Waals surface area contributed by atoms with Crippen LogP contribution in [0.3, 0.4) is 0 Å². The fraction of sp³-hybridized carbons (Fsp3) is 0.538. The summed E-state index contributed by atoms with van der Waals surface area (Å²) in [7, 11) is -2.75. The average molecular weight is 332 g/mol. The molecule has 1 heterocycles. The van der Waals surface area contributed by atoms with Gasteiger partial charge in [-0.15, -0.1) is 0 Å². The maximum absolute atomic E-state index is 11.3. The van der Waals surface area contributed by atoms with Gasteiger partial charge in [0, 0.05) is 11.0 Å². The first kappa shape index (κ1) is 14.0. The van der Waals surface area contributed by atoms with Crippen molar-refractivity contribution in [2.24, 2.45) is 5.92 Å². The Labute approximate surface area is 117 Å². The van der Waals surface area contributed by atoms with Crippen LogP contribution in [0.15, 0.2) is 22.7 Å². The summed E-state index contributed by atoms with van der Waals surface area (Å²) >= 11 is 3.51. The molecule has 18 heavy (non-hydrogen) atoms. The fourth-order valence-electron chi connectivity index (χ4n) is 2.20. The zero-order valence-corrected chi connectivity index (χ0v) is 12.9. The maximum Gasteiger partial charge on any atom is 0.150 e. The molecule has 1 unspecified atom stereocenters. The largest absolute Gasteiger partial charge is 0.312 e. The van der Waals surface area contributed by atoms with Gasteiger partial charge in [0.15, 0.2) is 9.84 Å². The Balaban J connectivity index is 1.80. The van der Waals surface area contributed by atoms with Gasteiger partial charge in [0.05, 0.1) is 11.5 Å². The van der Waals surface area contributed by atoms with Gasteiger partial charge in [0.25, 0.3) is 0 Å². The van der Waals surface area contributed by atoms with Crippen LogP contribution in [0.5, 0.6) is 0 Å². The van der Waals surface area contributed by atoms with Gasteiger partial charge in [-0.25, -0.2) is 8.42 Å². The fourth-order valence-corrected chi connectivity index (χ4v) is 4.49. The Bertz CT molecular complexity index is 528. The van der Waals surface area contributed by atoms with E-state index < -0.39 is 9.84 Å². The van der Waals surface area contributed by atoms with Crippen LogP contribution in [0.25, 0.3) is 0 Å². The number of aryl methyl sites for hydroxylation is 1. The first-order chi connectivity index (χ1) is 8.46. The quantitative estimate of drug-likeness (QED) is 0.920. The van der Waals surface area contributed by atoms with Crippen molar-refractivity contribution >= 4 is 25.8 Å². The zero-order valence-electron chi connectivity index (χ0n) is 10.4. The Morgan fingerprint density at radius 2 is 2.22 bits per heavy atom. The molecule has 1 atom stereocenters. The summed E-state index contributed by atoms with van der Waals surface area (Å²) in [4.78, 5) is 0. The molecule has 0 amide bonds. The lowest BCUT2D eigenvalue weighted by Gasteiger charge is -2.10. The third-order valence-corrected chi connectivity index (χ3v) is 6.02. The highest BCUT2D eigenvalue weighted by Crippen LogP contribution is 2.19. The molecule has 0 bridgehead atoms. The molecular weight excluding hydrogens is 314 g/mol. The van der Waals surface area contributed by atoms with E-state index in [0.29, 0.717) is 11.5 Å². The van der Waals surface area contributed by atoms with E-state index in [9.17, 15) is 8.42 Å². The van der Waals surface area contributed by atoms with E-state index in [2.05, 4.69) is 46.4 Å². The van der Waals surface area contributed by atoms with Crippen molar-refractivity contribution in [1.82, 2.24) is 5.32 Å². The van der Waals surface area contributed by atoms with E-state index >= 15 is 0 Å². The molecule has 1 aromatic carbocycles. The summed E-state index contributed by atoms with van der Waals surface area (Å²) in [5.74, 6) is 0.983. The molecule has 0 spiro atoms. The second kappa shape index (κ2) is 5.72. The molecule has 0 aromatic heterocycles. The Morgan fingerprint density at radius 3 is 2.83 bits per heavy atom. The first-order valence-electron chi connectivity index (χ1n) is 6.12. The summed E-state index contributed by atoms with van der Waals surface area (Å²) in [6.45, 7) is 3.63. The Morgan fingerprint density at radius 1 is 1.44 bits per heavy atom. The van der Waals surface area contributed by atoms with Crippen molar-refractivity contribution in [3.8, 4) is 0 Å². The van der Waals surface area contributed by atoms with E-state index in [4.69, 9.17) is 0 Å². The van der Waals surface area contributed by atoms with E-state index in [1.54, 1.807) is 0 Å². The van der Waals surface area contributed by atoms with Gasteiger partial charge in [0.2, 0.25) is 0 Å². The Kier molecular flexibility index (Phi) is 4.45. The summed E-state index contributed by atoms with van der Waals surface area (Å²) in [6, 6.07) is 6.29. The number of hydrogen-bond donors (Lipinski definition) is 1. The number of nitrogens with one attached hydrogen (secondary N) is 1. The summed E-state index contributed by atoms with van der Waals surface area (Å²) in [5, 5.41) is 3.34. The van der Waals surface area contributed by atoms with E-state index in [-0.39, 0.29) is 5.92 Å². The van der Waals surface area contributed by atoms with Crippen molar-refractivity contribution in [2.75, 3.05) is 18.1 Å². The highest BCUT2D eigenvalue weighted by molar-refractivity contribution is 9.10. The topological polar surface area (TPSA) is 46.2 Å². The molecule has 1 N–H and O–H groups in total. The highest BCUT2D eigenvalue weighted by atomic mass is 79.9. The SMILES string of the molecule is Cc1ccc(CNCC2CCS(=O)(=O)C2)cc1Br. The smallest absolute Gasteiger partial charge is 0.150 e. The van der Waals surface area contributed by atoms with Gasteiger partial charge in [-0.3, -0.25) is 0 Å². The standard InChI is InChI=1S/C13H18BrNO2S/c1-10-2-3-11(6-13(10)14)7-15-8-12-4-5-18(16,17)9-12/h2-3,6,12,15H,4-5,7-9H2,1H3. The minimum Gasteiger partial charge on any atom is -0.312 e. The molecular formula is C13H18BrNO2S. The predicted octanol–water partition coefficient (Wildman–Crippen LogP) is 2.28. The number of sulfone groups is 1. The Hall–Kier alpha value is -0.390. The summed E-state index contributed by atoms with van der Waals surface area (Å²) < 4.78 is 23.8. The first-order valence-corrected chi connectivity index (χ1v) is 8.74. The number of rotatable bonds is 4. The normalized spacial score (nSPS) is 22.2. The predicted molar refractivity (Wildman–Crippen MR) is 77.3 cm³/mol. The average Bonchev–Trinajstić information content (AvgIpc) is 2.63. The van der Waals surface area contributed by atoms with Crippen LogP contribution < -0.4 is 5.32 Å². The van der Waals surface area contributed by atoms with Crippen LogP contribution >= 0.6 is 15.9 Å². The van der Waals surface area contributed by atoms with Gasteiger partial charge < -0.3 is 5.32 Å². The van der Waals surface area contributed by atoms with E-state index in [0.717, 1.165) is 24.0 Å². The monoisotopic (exact) mass is 331 g/mol. The zero-order chi connectivity index (χ0) is 13.2. The lowest BCUT2D eigenvalue weighted by Crippen LogP contribution is -2.23. The van der Waals surface area contributed by atoms with Crippen LogP contribution in [-0.4, -0.2) is 26.5 Å². The molecule has 5 heteroatoms. The second-order valence-electron chi connectivity index (χ2n) is 4.98. The molecule has 1 saturated heterocycles. The van der Waals surface area contributed by atoms with Crippen molar-refractivity contribution in [3.63, 3.8) is 0 Å². The van der Waals surface area contributed by atoms with Crippen molar-refractivity contribution in [3.05, 3.63) is 33.8 Å². The van der Waals surface area contributed by atoms with Gasteiger partial charge >= 0.3 is 0 Å². The van der Waals surface area contributed by atoms with E-state index in [1.807, 2.05) is 0 Å². The summed E-state index contributed by atoms with van der Waals surface area (Å²) in [5.41, 5.74) is 2.44. The van der Waals surface area contributed by atoms with Crippen molar-refractivity contribution in [2.45, 2.75) is 19.9 Å². The highest BCUT2D eigenvalue weighted by Gasteiger charge is 2.27. The van der Waals surface area contributed by atoms with Crippen LogP contribution in [0.4, 0.5) is 0 Å². The van der Waals surface area contributed by atoms with Gasteiger partial charge in [-0.2, -0.15) is 0 Å². The second-order valence-corrected chi connectivity index (χ2v) is 8.07. The third kappa shape index (κ3) is 3.80. The molecule has 0 aliphatic carbocycles. The lowest BCUT2D eigenvalue weighted by atomic mass is 10.1. The molecule has 100 valence electrons. The number of hydrogen-bond acceptors (Lipinski definition) is 3. The molecule has 1 aromatic rings. The van der Waals surface area contributed by atoms with Crippen LogP contribution in [0.1, 0.15) is 17.5 Å². The van der Waals surface area contributed by atoms with Crippen LogP contribution in [-0.2, 0) is 16.4 Å². The molecule has 2 rings (SSSR count). The van der Waals surface area contributed by atoms with Gasteiger partial charge in [-0.1, -0.05) is 28.1 Å². The van der Waals surface area contributed by atoms with Crippen molar-refractivity contribution < 1.29 is 8.42 Å². The third-order valence-electron chi connectivity index (χ3n) is 3.33. The molecule has 0 saturated carbocycles. The molecule has 1 aliphatic heterocycles. The maximum atomic E-state index is 11.3. The van der Waals surface area contributed by atoms with Crippen LogP contribution in [0, 0.1) is 12.8 Å². The molecule has 1 fully saturated rings. The lowest BCUT2D eigenvalue weighted by molar-refractivity contribution is 0.521. The summed E-state index contributed by atoms with van der Waals surface area (Å²) in [6.07, 6.45) is 0.799. The number of halogens is 1. The minimum atomic E-state index is -2.75. The van der Waals surface area contributed by atoms with Gasteiger partial charge in [-0.05, 0) is 43.0 Å². The van der Waals surface area contributed by atoms with Gasteiger partial charge in [0.1, 0.15) is 0 Å². The van der Waals surface area contributed by atoms with Crippen LogP contribution in [0.2, 0.25) is 0 Å². The number of benzene rings is 1. The molecule has 0 radical (unpaired) electrons. The van der Waals surface area contributed by atoms with E-state index in [1.165, 1.54) is 11.1 Å². The van der Waals surface area contributed by atoms with Crippen molar-refractivity contribution in [1.29, 1.82) is 0 Å². The minimum absolute atomic E-state index is 0.281.